The Balaban J connectivity index is 1.59. The van der Waals surface area contributed by atoms with Gasteiger partial charge in [0, 0.05) is 24.2 Å². The molecule has 0 aliphatic carbocycles. The molecule has 0 radical (unpaired) electrons. The quantitative estimate of drug-likeness (QED) is 0.613. The minimum absolute atomic E-state index is 0.103. The number of benzene rings is 2. The maximum Gasteiger partial charge on any atom is 0.311 e. The fraction of sp³-hybridized carbons (Fsp3) is 0.286. The number of ketones is 1. The van der Waals surface area contributed by atoms with Crippen molar-refractivity contribution in [2.24, 2.45) is 5.92 Å². The molecule has 5 heteroatoms. The number of esters is 1. The number of amides is 1. The molecule has 26 heavy (non-hydrogen) atoms. The van der Waals surface area contributed by atoms with Gasteiger partial charge in [0.1, 0.15) is 0 Å². The summed E-state index contributed by atoms with van der Waals surface area (Å²) >= 11 is 0. The Morgan fingerprint density at radius 3 is 2.46 bits per heavy atom. The van der Waals surface area contributed by atoms with Gasteiger partial charge in [0.25, 0.3) is 0 Å². The van der Waals surface area contributed by atoms with Crippen LogP contribution < -0.4 is 4.90 Å². The molecule has 0 bridgehead atoms. The maximum atomic E-state index is 12.3. The molecule has 2 aromatic carbocycles. The second kappa shape index (κ2) is 7.52. The number of para-hydroxylation sites is 1. The molecule has 0 spiro atoms. The van der Waals surface area contributed by atoms with Gasteiger partial charge in [0.15, 0.2) is 12.4 Å². The molecule has 0 saturated carbocycles. The normalized spacial score (nSPS) is 16.6. The predicted molar refractivity (Wildman–Crippen MR) is 98.1 cm³/mol. The summed E-state index contributed by atoms with van der Waals surface area (Å²) in [5.74, 6) is -1.41. The number of anilines is 1. The van der Waals surface area contributed by atoms with Crippen molar-refractivity contribution in [2.75, 3.05) is 18.1 Å². The third-order valence-corrected chi connectivity index (χ3v) is 4.58. The van der Waals surface area contributed by atoms with Crippen molar-refractivity contribution in [3.63, 3.8) is 0 Å². The van der Waals surface area contributed by atoms with Gasteiger partial charge in [0.05, 0.1) is 5.92 Å². The monoisotopic (exact) mass is 351 g/mol. The van der Waals surface area contributed by atoms with Crippen molar-refractivity contribution in [3.05, 3.63) is 65.2 Å². The van der Waals surface area contributed by atoms with Crippen LogP contribution in [-0.2, 0) is 14.3 Å². The van der Waals surface area contributed by atoms with Crippen LogP contribution in [0.15, 0.2) is 48.5 Å². The first-order valence-electron chi connectivity index (χ1n) is 8.58. The Bertz CT molecular complexity index is 841. The van der Waals surface area contributed by atoms with Gasteiger partial charge >= 0.3 is 5.97 Å². The molecule has 1 aliphatic heterocycles. The largest absolute Gasteiger partial charge is 0.457 e. The van der Waals surface area contributed by atoms with Gasteiger partial charge in [-0.25, -0.2) is 0 Å². The van der Waals surface area contributed by atoms with Crippen LogP contribution in [0.3, 0.4) is 0 Å². The summed E-state index contributed by atoms with van der Waals surface area (Å²) in [5, 5.41) is 0. The van der Waals surface area contributed by atoms with Crippen LogP contribution in [0.5, 0.6) is 0 Å². The number of rotatable bonds is 5. The van der Waals surface area contributed by atoms with Crippen molar-refractivity contribution in [2.45, 2.75) is 20.3 Å². The Labute approximate surface area is 152 Å². The van der Waals surface area contributed by atoms with E-state index in [4.69, 9.17) is 4.74 Å². The Morgan fingerprint density at radius 2 is 1.77 bits per heavy atom. The minimum atomic E-state index is -0.548. The number of ether oxygens (including phenoxy) is 1. The number of aryl methyl sites for hydroxylation is 2. The molecule has 134 valence electrons. The van der Waals surface area contributed by atoms with E-state index in [9.17, 15) is 14.4 Å². The van der Waals surface area contributed by atoms with Gasteiger partial charge in [-0.2, -0.15) is 0 Å². The minimum Gasteiger partial charge on any atom is -0.457 e. The van der Waals surface area contributed by atoms with E-state index < -0.39 is 11.9 Å². The second-order valence-corrected chi connectivity index (χ2v) is 6.59. The van der Waals surface area contributed by atoms with E-state index in [-0.39, 0.29) is 31.3 Å². The van der Waals surface area contributed by atoms with E-state index >= 15 is 0 Å². The lowest BCUT2D eigenvalue weighted by molar-refractivity contribution is -0.147. The fourth-order valence-corrected chi connectivity index (χ4v) is 3.04. The summed E-state index contributed by atoms with van der Waals surface area (Å²) < 4.78 is 5.17. The van der Waals surface area contributed by atoms with Crippen LogP contribution in [0, 0.1) is 19.8 Å². The molecule has 1 atom stereocenters. The number of carbonyl (C=O) groups excluding carboxylic acids is 3. The van der Waals surface area contributed by atoms with Crippen molar-refractivity contribution >= 4 is 23.3 Å². The van der Waals surface area contributed by atoms with Gasteiger partial charge < -0.3 is 9.64 Å². The van der Waals surface area contributed by atoms with Crippen LogP contribution in [0.4, 0.5) is 5.69 Å². The van der Waals surface area contributed by atoms with Crippen LogP contribution in [0.25, 0.3) is 0 Å². The summed E-state index contributed by atoms with van der Waals surface area (Å²) in [4.78, 5) is 38.3. The van der Waals surface area contributed by atoms with E-state index in [1.165, 1.54) is 0 Å². The third kappa shape index (κ3) is 3.82. The molecule has 3 rings (SSSR count). The Kier molecular flexibility index (Phi) is 5.16. The molecular weight excluding hydrogens is 330 g/mol. The number of hydrogen-bond donors (Lipinski definition) is 0. The molecule has 2 aromatic rings. The van der Waals surface area contributed by atoms with Gasteiger partial charge in [-0.3, -0.25) is 14.4 Å². The maximum absolute atomic E-state index is 12.3. The molecule has 1 aliphatic rings. The lowest BCUT2D eigenvalue weighted by Gasteiger charge is -2.18. The lowest BCUT2D eigenvalue weighted by atomic mass is 10.1. The fourth-order valence-electron chi connectivity index (χ4n) is 3.04. The van der Waals surface area contributed by atoms with Crippen LogP contribution in [0.2, 0.25) is 0 Å². The smallest absolute Gasteiger partial charge is 0.311 e. The van der Waals surface area contributed by atoms with E-state index in [0.717, 1.165) is 16.8 Å². The van der Waals surface area contributed by atoms with Crippen LogP contribution >= 0.6 is 0 Å². The standard InChI is InChI=1S/C21H21NO4/c1-14-7-9-16(10-8-14)19(23)13-26-21(25)17-11-20(24)22(12-17)18-6-4-3-5-15(18)2/h3-10,17H,11-13H2,1-2H3/t17-/m0/s1. The molecule has 1 saturated heterocycles. The Hall–Kier alpha value is -2.95. The summed E-state index contributed by atoms with van der Waals surface area (Å²) in [6.07, 6.45) is 0.103. The molecular formula is C21H21NO4. The van der Waals surface area contributed by atoms with Crippen molar-refractivity contribution in [1.29, 1.82) is 0 Å². The zero-order valence-electron chi connectivity index (χ0n) is 14.9. The first-order chi connectivity index (χ1) is 12.5. The number of Topliss-reactive ketones (excluding diaryl/α,β-unsaturated/α-hetero) is 1. The molecule has 0 N–H and O–H groups in total. The first kappa shape index (κ1) is 17.9. The van der Waals surface area contributed by atoms with E-state index in [1.807, 2.05) is 50.2 Å². The summed E-state index contributed by atoms with van der Waals surface area (Å²) in [6.45, 7) is 3.83. The van der Waals surface area contributed by atoms with E-state index in [2.05, 4.69) is 0 Å². The lowest BCUT2D eigenvalue weighted by Crippen LogP contribution is -2.27. The molecule has 1 fully saturated rings. The molecule has 1 amide bonds. The third-order valence-electron chi connectivity index (χ3n) is 4.58. The van der Waals surface area contributed by atoms with Gasteiger partial charge in [-0.05, 0) is 25.5 Å². The van der Waals surface area contributed by atoms with Gasteiger partial charge in [-0.1, -0.05) is 48.0 Å². The highest BCUT2D eigenvalue weighted by Crippen LogP contribution is 2.28. The number of nitrogens with zero attached hydrogens (tertiary/aromatic N) is 1. The zero-order valence-corrected chi connectivity index (χ0v) is 14.9. The second-order valence-electron chi connectivity index (χ2n) is 6.59. The zero-order chi connectivity index (χ0) is 18.7. The summed E-state index contributed by atoms with van der Waals surface area (Å²) in [5.41, 5.74) is 3.35. The molecule has 0 unspecified atom stereocenters. The average Bonchev–Trinajstić information content (AvgIpc) is 3.02. The average molecular weight is 351 g/mol. The highest BCUT2D eigenvalue weighted by molar-refractivity contribution is 6.01. The SMILES string of the molecule is Cc1ccc(C(=O)COC(=O)[C@H]2CC(=O)N(c3ccccc3C)C2)cc1. The van der Waals surface area contributed by atoms with Crippen molar-refractivity contribution in [3.8, 4) is 0 Å². The highest BCUT2D eigenvalue weighted by Gasteiger charge is 2.36. The summed E-state index contributed by atoms with van der Waals surface area (Å²) in [6, 6.07) is 14.7. The molecule has 1 heterocycles. The Morgan fingerprint density at radius 1 is 1.08 bits per heavy atom. The topological polar surface area (TPSA) is 63.7 Å². The van der Waals surface area contributed by atoms with E-state index in [0.29, 0.717) is 5.56 Å². The highest BCUT2D eigenvalue weighted by atomic mass is 16.5. The first-order valence-corrected chi connectivity index (χ1v) is 8.58. The van der Waals surface area contributed by atoms with Crippen molar-refractivity contribution in [1.82, 2.24) is 0 Å². The number of hydrogen-bond acceptors (Lipinski definition) is 4. The van der Waals surface area contributed by atoms with Gasteiger partial charge in [-0.15, -0.1) is 0 Å². The molecule has 0 aromatic heterocycles. The van der Waals surface area contributed by atoms with E-state index in [1.54, 1.807) is 17.0 Å². The summed E-state index contributed by atoms with van der Waals surface area (Å²) in [7, 11) is 0. The van der Waals surface area contributed by atoms with Crippen LogP contribution in [0.1, 0.15) is 27.9 Å². The van der Waals surface area contributed by atoms with Gasteiger partial charge in [0.2, 0.25) is 5.91 Å². The predicted octanol–water partition coefficient (Wildman–Crippen LogP) is 3.08. The molecule has 5 nitrogen and oxygen atoms in total. The number of carbonyl (C=O) groups is 3. The van der Waals surface area contributed by atoms with Crippen LogP contribution in [-0.4, -0.2) is 30.8 Å². The van der Waals surface area contributed by atoms with Crippen molar-refractivity contribution < 1.29 is 19.1 Å².